The van der Waals surface area contributed by atoms with Crippen molar-refractivity contribution in [3.8, 4) is 5.75 Å². The summed E-state index contributed by atoms with van der Waals surface area (Å²) in [6, 6.07) is 15.5. The zero-order valence-corrected chi connectivity index (χ0v) is 17.8. The average molecular weight is 425 g/mol. The number of amides is 1. The number of ether oxygens (including phenoxy) is 1. The van der Waals surface area contributed by atoms with Gasteiger partial charge in [0, 0.05) is 35.7 Å². The van der Waals surface area contributed by atoms with E-state index in [1.807, 2.05) is 53.4 Å². The zero-order chi connectivity index (χ0) is 20.9. The Morgan fingerprint density at radius 2 is 1.90 bits per heavy atom. The fourth-order valence-corrected chi connectivity index (χ4v) is 4.04. The van der Waals surface area contributed by atoms with Crippen molar-refractivity contribution in [1.29, 1.82) is 0 Å². The molecule has 3 aromatic rings. The van der Waals surface area contributed by atoms with Gasteiger partial charge in [0.2, 0.25) is 0 Å². The Kier molecular flexibility index (Phi) is 6.38. The van der Waals surface area contributed by atoms with E-state index in [0.29, 0.717) is 23.8 Å². The van der Waals surface area contributed by atoms with Crippen molar-refractivity contribution in [1.82, 2.24) is 10.1 Å². The van der Waals surface area contributed by atoms with Gasteiger partial charge in [0.05, 0.1) is 7.11 Å². The van der Waals surface area contributed by atoms with Crippen LogP contribution < -0.4 is 4.74 Å². The normalized spacial score (nSPS) is 13.0. The first kappa shape index (κ1) is 20.5. The molecule has 1 aromatic heterocycles. The summed E-state index contributed by atoms with van der Waals surface area (Å²) in [5, 5.41) is 4.86. The van der Waals surface area contributed by atoms with Crippen LogP contribution in [0.15, 0.2) is 53.1 Å². The van der Waals surface area contributed by atoms with Gasteiger partial charge in [0.15, 0.2) is 5.69 Å². The molecule has 30 heavy (non-hydrogen) atoms. The number of hydrogen-bond acceptors (Lipinski definition) is 4. The van der Waals surface area contributed by atoms with Gasteiger partial charge in [-0.15, -0.1) is 0 Å². The zero-order valence-electron chi connectivity index (χ0n) is 17.1. The molecule has 0 saturated heterocycles. The standard InChI is InChI=1S/C24H25ClN2O3/c1-29-21-8-4-2-6-18(21)16-27(15-14-17-10-12-19(25)13-11-17)24(28)23-20-7-3-5-9-22(20)30-26-23/h2,4,6,8,10-13H,3,5,7,9,14-16H2,1H3. The van der Waals surface area contributed by atoms with Gasteiger partial charge in [-0.25, -0.2) is 0 Å². The molecule has 5 nitrogen and oxygen atoms in total. The van der Waals surface area contributed by atoms with E-state index in [0.717, 1.165) is 60.3 Å². The summed E-state index contributed by atoms with van der Waals surface area (Å²) < 4.78 is 11.0. The molecule has 0 spiro atoms. The van der Waals surface area contributed by atoms with Crippen LogP contribution in [0.4, 0.5) is 0 Å². The molecule has 0 bridgehead atoms. The predicted octanol–water partition coefficient (Wildman–Crippen LogP) is 5.10. The Morgan fingerprint density at radius 3 is 2.70 bits per heavy atom. The molecule has 0 fully saturated rings. The van der Waals surface area contributed by atoms with E-state index in [-0.39, 0.29) is 5.91 Å². The van der Waals surface area contributed by atoms with Crippen LogP contribution in [0.2, 0.25) is 5.02 Å². The summed E-state index contributed by atoms with van der Waals surface area (Å²) in [5.74, 6) is 1.53. The number of carbonyl (C=O) groups is 1. The van der Waals surface area contributed by atoms with Crippen LogP contribution >= 0.6 is 11.6 Å². The molecule has 0 atom stereocenters. The monoisotopic (exact) mass is 424 g/mol. The van der Waals surface area contributed by atoms with E-state index in [1.54, 1.807) is 7.11 Å². The first-order chi connectivity index (χ1) is 14.7. The van der Waals surface area contributed by atoms with Gasteiger partial charge in [-0.1, -0.05) is 47.1 Å². The number of nitrogens with zero attached hydrogens (tertiary/aromatic N) is 2. The van der Waals surface area contributed by atoms with Gasteiger partial charge >= 0.3 is 0 Å². The number of aryl methyl sites for hydroxylation is 1. The lowest BCUT2D eigenvalue weighted by Gasteiger charge is -2.24. The molecule has 4 rings (SSSR count). The minimum absolute atomic E-state index is 0.0956. The number of fused-ring (bicyclic) bond motifs is 1. The molecule has 6 heteroatoms. The molecule has 156 valence electrons. The summed E-state index contributed by atoms with van der Waals surface area (Å²) in [6.45, 7) is 0.998. The Labute approximate surface area is 181 Å². The maximum Gasteiger partial charge on any atom is 0.276 e. The van der Waals surface area contributed by atoms with Crippen LogP contribution in [0, 0.1) is 0 Å². The van der Waals surface area contributed by atoms with E-state index in [1.165, 1.54) is 0 Å². The van der Waals surface area contributed by atoms with Gasteiger partial charge in [0.1, 0.15) is 11.5 Å². The van der Waals surface area contributed by atoms with Crippen LogP contribution in [-0.2, 0) is 25.8 Å². The second kappa shape index (κ2) is 9.35. The quantitative estimate of drug-likeness (QED) is 0.529. The van der Waals surface area contributed by atoms with Gasteiger partial charge < -0.3 is 14.2 Å². The number of aromatic nitrogens is 1. The first-order valence-corrected chi connectivity index (χ1v) is 10.7. The molecule has 0 saturated carbocycles. The Hall–Kier alpha value is -2.79. The summed E-state index contributed by atoms with van der Waals surface area (Å²) in [7, 11) is 1.65. The number of rotatable bonds is 7. The van der Waals surface area contributed by atoms with Gasteiger partial charge in [0.25, 0.3) is 5.91 Å². The molecule has 1 heterocycles. The Morgan fingerprint density at radius 1 is 1.13 bits per heavy atom. The van der Waals surface area contributed by atoms with Crippen molar-refractivity contribution in [2.24, 2.45) is 0 Å². The summed E-state index contributed by atoms with van der Waals surface area (Å²) >= 11 is 6.00. The molecule has 0 N–H and O–H groups in total. The summed E-state index contributed by atoms with van der Waals surface area (Å²) in [5.41, 5.74) is 3.51. The van der Waals surface area contributed by atoms with Gasteiger partial charge in [-0.3, -0.25) is 4.79 Å². The van der Waals surface area contributed by atoms with Crippen LogP contribution in [0.25, 0.3) is 0 Å². The largest absolute Gasteiger partial charge is 0.496 e. The third-order valence-corrected chi connectivity index (χ3v) is 5.83. The number of hydrogen-bond donors (Lipinski definition) is 0. The lowest BCUT2D eigenvalue weighted by Crippen LogP contribution is -2.33. The molecular weight excluding hydrogens is 400 g/mol. The SMILES string of the molecule is COc1ccccc1CN(CCc1ccc(Cl)cc1)C(=O)c1noc2c1CCCC2. The lowest BCUT2D eigenvalue weighted by atomic mass is 9.96. The minimum atomic E-state index is -0.0956. The van der Waals surface area contributed by atoms with Crippen LogP contribution in [-0.4, -0.2) is 29.6 Å². The predicted molar refractivity (Wildman–Crippen MR) is 116 cm³/mol. The highest BCUT2D eigenvalue weighted by atomic mass is 35.5. The second-order valence-corrected chi connectivity index (χ2v) is 7.99. The highest BCUT2D eigenvalue weighted by Gasteiger charge is 2.28. The topological polar surface area (TPSA) is 55.6 Å². The number of carbonyl (C=O) groups excluding carboxylic acids is 1. The van der Waals surface area contributed by atoms with Crippen molar-refractivity contribution in [3.63, 3.8) is 0 Å². The van der Waals surface area contributed by atoms with Crippen LogP contribution in [0.1, 0.15) is 45.8 Å². The van der Waals surface area contributed by atoms with Crippen LogP contribution in [0.3, 0.4) is 0 Å². The van der Waals surface area contributed by atoms with Gasteiger partial charge in [-0.2, -0.15) is 0 Å². The fraction of sp³-hybridized carbons (Fsp3) is 0.333. The summed E-state index contributed by atoms with van der Waals surface area (Å²) in [6.07, 6.45) is 4.56. The van der Waals surface area contributed by atoms with Crippen molar-refractivity contribution in [2.45, 2.75) is 38.6 Å². The Balaban J connectivity index is 1.59. The van der Waals surface area contributed by atoms with Crippen molar-refractivity contribution in [2.75, 3.05) is 13.7 Å². The maximum atomic E-state index is 13.5. The molecule has 2 aromatic carbocycles. The highest BCUT2D eigenvalue weighted by Crippen LogP contribution is 2.27. The van der Waals surface area contributed by atoms with Gasteiger partial charge in [-0.05, 0) is 49.4 Å². The number of methoxy groups -OCH3 is 1. The maximum absolute atomic E-state index is 13.5. The minimum Gasteiger partial charge on any atom is -0.496 e. The van der Waals surface area contributed by atoms with Crippen molar-refractivity contribution < 1.29 is 14.1 Å². The van der Waals surface area contributed by atoms with E-state index in [2.05, 4.69) is 5.16 Å². The molecule has 1 aliphatic carbocycles. The smallest absolute Gasteiger partial charge is 0.276 e. The van der Waals surface area contributed by atoms with Crippen molar-refractivity contribution >= 4 is 17.5 Å². The second-order valence-electron chi connectivity index (χ2n) is 7.56. The molecule has 1 aliphatic rings. The molecular formula is C24H25ClN2O3. The number of para-hydroxylation sites is 1. The number of halogens is 1. The van der Waals surface area contributed by atoms with E-state index >= 15 is 0 Å². The molecule has 0 unspecified atom stereocenters. The first-order valence-electron chi connectivity index (χ1n) is 10.3. The molecule has 0 radical (unpaired) electrons. The third-order valence-electron chi connectivity index (χ3n) is 5.58. The highest BCUT2D eigenvalue weighted by molar-refractivity contribution is 6.30. The van der Waals surface area contributed by atoms with E-state index in [9.17, 15) is 4.79 Å². The van der Waals surface area contributed by atoms with E-state index in [4.69, 9.17) is 20.9 Å². The Bertz CT molecular complexity index is 1010. The summed E-state index contributed by atoms with van der Waals surface area (Å²) in [4.78, 5) is 15.3. The number of benzene rings is 2. The average Bonchev–Trinajstić information content (AvgIpc) is 3.21. The van der Waals surface area contributed by atoms with E-state index < -0.39 is 0 Å². The lowest BCUT2D eigenvalue weighted by molar-refractivity contribution is 0.0732. The van der Waals surface area contributed by atoms with Crippen LogP contribution in [0.5, 0.6) is 5.75 Å². The molecule has 0 aliphatic heterocycles. The molecule has 1 amide bonds. The van der Waals surface area contributed by atoms with Crippen molar-refractivity contribution in [3.05, 3.63) is 81.7 Å². The fourth-order valence-electron chi connectivity index (χ4n) is 3.91. The third kappa shape index (κ3) is 4.51.